The lowest BCUT2D eigenvalue weighted by molar-refractivity contribution is -0.160. The van der Waals surface area contributed by atoms with Crippen molar-refractivity contribution in [2.24, 2.45) is 7.05 Å². The smallest absolute Gasteiger partial charge is 0.422 e. The number of rotatable bonds is 3. The fourth-order valence-electron chi connectivity index (χ4n) is 0.919. The van der Waals surface area contributed by atoms with E-state index < -0.39 is 18.9 Å². The van der Waals surface area contributed by atoms with Crippen molar-refractivity contribution < 1.29 is 22.7 Å². The Hall–Kier alpha value is -1.73. The van der Waals surface area contributed by atoms with Crippen molar-refractivity contribution in [1.29, 1.82) is 0 Å². The molecule has 0 saturated carbocycles. The fraction of sp³-hybridized carbons (Fsp3) is 0.500. The molecule has 0 saturated heterocycles. The number of alkyl carbamates (subject to hydrolysis) is 1. The number of hydrogen-bond acceptors (Lipinski definition) is 3. The maximum Gasteiger partial charge on any atom is 0.422 e. The zero-order valence-electron chi connectivity index (χ0n) is 8.41. The maximum atomic E-state index is 11.7. The molecule has 0 spiro atoms. The third-order valence-corrected chi connectivity index (χ3v) is 1.55. The van der Waals surface area contributed by atoms with E-state index in [1.807, 2.05) is 0 Å². The molecule has 1 heterocycles. The van der Waals surface area contributed by atoms with Crippen LogP contribution in [0.2, 0.25) is 0 Å². The van der Waals surface area contributed by atoms with Gasteiger partial charge in [0.15, 0.2) is 6.61 Å². The summed E-state index contributed by atoms with van der Waals surface area (Å²) in [4.78, 5) is 10.8. The summed E-state index contributed by atoms with van der Waals surface area (Å²) >= 11 is 0. The van der Waals surface area contributed by atoms with E-state index in [2.05, 4.69) is 15.2 Å². The van der Waals surface area contributed by atoms with E-state index in [4.69, 9.17) is 0 Å². The van der Waals surface area contributed by atoms with Crippen LogP contribution in [0.1, 0.15) is 5.69 Å². The quantitative estimate of drug-likeness (QED) is 0.859. The molecule has 0 fully saturated rings. The molecule has 1 rings (SSSR count). The van der Waals surface area contributed by atoms with Crippen LogP contribution in [0.15, 0.2) is 12.3 Å². The van der Waals surface area contributed by atoms with E-state index in [9.17, 15) is 18.0 Å². The second-order valence-corrected chi connectivity index (χ2v) is 3.03. The van der Waals surface area contributed by atoms with Crippen molar-refractivity contribution >= 4 is 6.09 Å². The predicted molar refractivity (Wildman–Crippen MR) is 47.5 cm³/mol. The number of ether oxygens (including phenoxy) is 1. The Labute approximate surface area is 89.2 Å². The molecule has 0 unspecified atom stereocenters. The Morgan fingerprint density at radius 3 is 2.81 bits per heavy atom. The number of hydrogen-bond donors (Lipinski definition) is 1. The van der Waals surface area contributed by atoms with E-state index in [-0.39, 0.29) is 6.54 Å². The summed E-state index contributed by atoms with van der Waals surface area (Å²) in [5, 5.41) is 6.06. The summed E-state index contributed by atoms with van der Waals surface area (Å²) in [6.45, 7) is -1.57. The first-order valence-corrected chi connectivity index (χ1v) is 4.33. The molecule has 0 aliphatic rings. The third-order valence-electron chi connectivity index (χ3n) is 1.55. The van der Waals surface area contributed by atoms with Gasteiger partial charge < -0.3 is 10.1 Å². The molecular weight excluding hydrogens is 227 g/mol. The van der Waals surface area contributed by atoms with Crippen LogP contribution in [0.5, 0.6) is 0 Å². The lowest BCUT2D eigenvalue weighted by Gasteiger charge is -2.08. The third kappa shape index (κ3) is 4.67. The van der Waals surface area contributed by atoms with E-state index in [0.717, 1.165) is 0 Å². The number of nitrogens with zero attached hydrogens (tertiary/aromatic N) is 2. The average molecular weight is 237 g/mol. The number of carbonyl (C=O) groups is 1. The minimum atomic E-state index is -4.51. The minimum Gasteiger partial charge on any atom is -0.440 e. The Balaban J connectivity index is 2.25. The SMILES string of the molecule is Cn1ccc(CNC(=O)OCC(F)(F)F)n1. The van der Waals surface area contributed by atoms with E-state index in [1.165, 1.54) is 4.68 Å². The van der Waals surface area contributed by atoms with Crippen LogP contribution in [0, 0.1) is 0 Å². The van der Waals surface area contributed by atoms with Gasteiger partial charge in [-0.15, -0.1) is 0 Å². The maximum absolute atomic E-state index is 11.7. The van der Waals surface area contributed by atoms with Crippen molar-refractivity contribution in [2.75, 3.05) is 6.61 Å². The number of amides is 1. The lowest BCUT2D eigenvalue weighted by atomic mass is 10.4. The number of aryl methyl sites for hydroxylation is 1. The topological polar surface area (TPSA) is 56.2 Å². The molecule has 0 aromatic carbocycles. The van der Waals surface area contributed by atoms with Crippen molar-refractivity contribution in [2.45, 2.75) is 12.7 Å². The molecule has 5 nitrogen and oxygen atoms in total. The van der Waals surface area contributed by atoms with E-state index in [1.54, 1.807) is 19.3 Å². The molecular formula is C8H10F3N3O2. The molecule has 1 aromatic heterocycles. The second-order valence-electron chi connectivity index (χ2n) is 3.03. The number of carbonyl (C=O) groups excluding carboxylic acids is 1. The molecule has 1 N–H and O–H groups in total. The van der Waals surface area contributed by atoms with Crippen LogP contribution in [0.3, 0.4) is 0 Å². The molecule has 16 heavy (non-hydrogen) atoms. The summed E-state index contributed by atoms with van der Waals surface area (Å²) < 4.78 is 40.4. The second kappa shape index (κ2) is 4.86. The first-order valence-electron chi connectivity index (χ1n) is 4.33. The first kappa shape index (κ1) is 12.3. The van der Waals surface area contributed by atoms with Gasteiger partial charge in [0.25, 0.3) is 0 Å². The highest BCUT2D eigenvalue weighted by Crippen LogP contribution is 2.14. The lowest BCUT2D eigenvalue weighted by Crippen LogP contribution is -2.28. The summed E-state index contributed by atoms with van der Waals surface area (Å²) in [5.41, 5.74) is 0.534. The van der Waals surface area contributed by atoms with Gasteiger partial charge in [-0.25, -0.2) is 4.79 Å². The number of aromatic nitrogens is 2. The zero-order chi connectivity index (χ0) is 12.2. The normalized spacial score (nSPS) is 11.2. The van der Waals surface area contributed by atoms with Crippen LogP contribution in [0.4, 0.5) is 18.0 Å². The summed E-state index contributed by atoms with van der Waals surface area (Å²) in [6.07, 6.45) is -3.98. The largest absolute Gasteiger partial charge is 0.440 e. The van der Waals surface area contributed by atoms with Crippen molar-refractivity contribution in [3.05, 3.63) is 18.0 Å². The zero-order valence-corrected chi connectivity index (χ0v) is 8.41. The molecule has 0 bridgehead atoms. The van der Waals surface area contributed by atoms with Crippen molar-refractivity contribution in [3.63, 3.8) is 0 Å². The van der Waals surface area contributed by atoms with Crippen LogP contribution in [-0.2, 0) is 18.3 Å². The Kier molecular flexibility index (Phi) is 3.75. The molecule has 1 aromatic rings. The van der Waals surface area contributed by atoms with Crippen LogP contribution >= 0.6 is 0 Å². The highest BCUT2D eigenvalue weighted by Gasteiger charge is 2.29. The van der Waals surface area contributed by atoms with Gasteiger partial charge in [-0.1, -0.05) is 0 Å². The van der Waals surface area contributed by atoms with Gasteiger partial charge in [-0.3, -0.25) is 4.68 Å². The van der Waals surface area contributed by atoms with Crippen molar-refractivity contribution in [3.8, 4) is 0 Å². The molecule has 0 radical (unpaired) electrons. The Morgan fingerprint density at radius 2 is 2.31 bits per heavy atom. The molecule has 90 valence electrons. The van der Waals surface area contributed by atoms with E-state index in [0.29, 0.717) is 5.69 Å². The summed E-state index contributed by atoms with van der Waals surface area (Å²) in [5.74, 6) is 0. The molecule has 0 atom stereocenters. The van der Waals surface area contributed by atoms with Gasteiger partial charge in [-0.2, -0.15) is 18.3 Å². The Morgan fingerprint density at radius 1 is 1.62 bits per heavy atom. The summed E-state index contributed by atoms with van der Waals surface area (Å²) in [7, 11) is 1.69. The highest BCUT2D eigenvalue weighted by molar-refractivity contribution is 5.67. The predicted octanol–water partition coefficient (Wildman–Crippen LogP) is 1.21. The van der Waals surface area contributed by atoms with Gasteiger partial charge in [0.05, 0.1) is 12.2 Å². The van der Waals surface area contributed by atoms with Crippen LogP contribution in [-0.4, -0.2) is 28.7 Å². The number of halogens is 3. The number of nitrogens with one attached hydrogen (secondary N) is 1. The minimum absolute atomic E-state index is 0.0253. The molecule has 0 aliphatic heterocycles. The highest BCUT2D eigenvalue weighted by atomic mass is 19.4. The van der Waals surface area contributed by atoms with E-state index >= 15 is 0 Å². The molecule has 0 aliphatic carbocycles. The first-order chi connectivity index (χ1) is 7.37. The standard InChI is InChI=1S/C8H10F3N3O2/c1-14-3-2-6(13-14)4-12-7(15)16-5-8(9,10)11/h2-3H,4-5H2,1H3,(H,12,15). The average Bonchev–Trinajstić information content (AvgIpc) is 2.57. The van der Waals surface area contributed by atoms with Crippen LogP contribution in [0.25, 0.3) is 0 Å². The number of alkyl halides is 3. The van der Waals surface area contributed by atoms with Gasteiger partial charge in [-0.05, 0) is 6.07 Å². The van der Waals surface area contributed by atoms with Crippen LogP contribution < -0.4 is 5.32 Å². The molecule has 1 amide bonds. The molecule has 8 heteroatoms. The monoisotopic (exact) mass is 237 g/mol. The van der Waals surface area contributed by atoms with Gasteiger partial charge in [0.1, 0.15) is 0 Å². The van der Waals surface area contributed by atoms with Crippen molar-refractivity contribution in [1.82, 2.24) is 15.1 Å². The van der Waals surface area contributed by atoms with Gasteiger partial charge >= 0.3 is 12.3 Å². The summed E-state index contributed by atoms with van der Waals surface area (Å²) in [6, 6.07) is 1.63. The fourth-order valence-corrected chi connectivity index (χ4v) is 0.919. The van der Waals surface area contributed by atoms with Gasteiger partial charge in [0.2, 0.25) is 0 Å². The van der Waals surface area contributed by atoms with Gasteiger partial charge in [0, 0.05) is 13.2 Å². The Bertz CT molecular complexity index is 362.